The summed E-state index contributed by atoms with van der Waals surface area (Å²) in [6, 6.07) is 10.5. The summed E-state index contributed by atoms with van der Waals surface area (Å²) in [5, 5.41) is 6.93. The smallest absolute Gasteiger partial charge is 0.191 e. The van der Waals surface area contributed by atoms with Crippen molar-refractivity contribution < 1.29 is 4.74 Å². The first-order chi connectivity index (χ1) is 11.3. The molecule has 1 aliphatic rings. The van der Waals surface area contributed by atoms with E-state index in [1.165, 1.54) is 5.56 Å². The second kappa shape index (κ2) is 12.0. The van der Waals surface area contributed by atoms with Crippen molar-refractivity contribution in [3.05, 3.63) is 35.9 Å². The third kappa shape index (κ3) is 7.19. The normalized spacial score (nSPS) is 17.0. The maximum atomic E-state index is 5.53. The first-order valence-corrected chi connectivity index (χ1v) is 9.47. The van der Waals surface area contributed by atoms with Gasteiger partial charge in [0.1, 0.15) is 0 Å². The van der Waals surface area contributed by atoms with E-state index in [0.717, 1.165) is 57.3 Å². The summed E-state index contributed by atoms with van der Waals surface area (Å²) in [6.45, 7) is 5.80. The summed E-state index contributed by atoms with van der Waals surface area (Å²) >= 11 is 2.05. The molecule has 0 aliphatic carbocycles. The van der Waals surface area contributed by atoms with Crippen molar-refractivity contribution in [1.82, 2.24) is 10.6 Å². The lowest BCUT2D eigenvalue weighted by Gasteiger charge is -2.37. The highest BCUT2D eigenvalue weighted by atomic mass is 127. The zero-order chi connectivity index (χ0) is 16.4. The maximum absolute atomic E-state index is 5.53. The van der Waals surface area contributed by atoms with Gasteiger partial charge >= 0.3 is 0 Å². The molecule has 1 heterocycles. The Hall–Kier alpha value is -0.470. The average molecular weight is 463 g/mol. The zero-order valence-corrected chi connectivity index (χ0v) is 17.9. The van der Waals surface area contributed by atoms with Crippen molar-refractivity contribution in [2.45, 2.75) is 30.9 Å². The number of halogens is 1. The standard InChI is InChI=1S/C18H29N3OS.HI/c1-3-23-18(10-13-22-14-11-18)15-21-17(19-2)20-12-9-16-7-5-4-6-8-16;/h4-8H,3,9-15H2,1-2H3,(H2,19,20,21);1H. The number of nitrogens with one attached hydrogen (secondary N) is 2. The van der Waals surface area contributed by atoms with Crippen LogP contribution in [0.1, 0.15) is 25.3 Å². The van der Waals surface area contributed by atoms with Crippen LogP contribution in [0.3, 0.4) is 0 Å². The highest BCUT2D eigenvalue weighted by Crippen LogP contribution is 2.34. The topological polar surface area (TPSA) is 45.7 Å². The fourth-order valence-electron chi connectivity index (χ4n) is 2.86. The maximum Gasteiger partial charge on any atom is 0.191 e. The van der Waals surface area contributed by atoms with Crippen LogP contribution in [0.2, 0.25) is 0 Å². The summed E-state index contributed by atoms with van der Waals surface area (Å²) in [5.74, 6) is 2.03. The monoisotopic (exact) mass is 463 g/mol. The van der Waals surface area contributed by atoms with E-state index < -0.39 is 0 Å². The van der Waals surface area contributed by atoms with Gasteiger partial charge in [0.25, 0.3) is 0 Å². The van der Waals surface area contributed by atoms with Crippen LogP contribution >= 0.6 is 35.7 Å². The number of thioether (sulfide) groups is 1. The van der Waals surface area contributed by atoms with Crippen molar-refractivity contribution in [3.8, 4) is 0 Å². The van der Waals surface area contributed by atoms with E-state index in [1.54, 1.807) is 0 Å². The molecule has 1 aromatic carbocycles. The number of nitrogens with zero attached hydrogens (tertiary/aromatic N) is 1. The minimum absolute atomic E-state index is 0. The Labute approximate surface area is 167 Å². The second-order valence-corrected chi connectivity index (χ2v) is 7.55. The van der Waals surface area contributed by atoms with Crippen molar-refractivity contribution >= 4 is 41.7 Å². The SMILES string of the molecule is CCSC1(CNC(=NC)NCCc2ccccc2)CCOCC1.I. The van der Waals surface area contributed by atoms with Gasteiger partial charge in [-0.15, -0.1) is 24.0 Å². The highest BCUT2D eigenvalue weighted by Gasteiger charge is 2.32. The quantitative estimate of drug-likeness (QED) is 0.370. The molecule has 2 N–H and O–H groups in total. The van der Waals surface area contributed by atoms with Gasteiger partial charge in [0.05, 0.1) is 0 Å². The fourth-order valence-corrected chi connectivity index (χ4v) is 4.10. The van der Waals surface area contributed by atoms with E-state index in [9.17, 15) is 0 Å². The van der Waals surface area contributed by atoms with E-state index in [4.69, 9.17) is 4.74 Å². The van der Waals surface area contributed by atoms with Gasteiger partial charge in [0.15, 0.2) is 5.96 Å². The number of ether oxygens (including phenoxy) is 1. The van der Waals surface area contributed by atoms with E-state index in [2.05, 4.69) is 52.9 Å². The van der Waals surface area contributed by atoms with Crippen LogP contribution in [0.4, 0.5) is 0 Å². The first-order valence-electron chi connectivity index (χ1n) is 8.48. The van der Waals surface area contributed by atoms with Crippen LogP contribution in [-0.2, 0) is 11.2 Å². The van der Waals surface area contributed by atoms with Gasteiger partial charge in [-0.3, -0.25) is 4.99 Å². The molecule has 1 aromatic rings. The summed E-state index contributed by atoms with van der Waals surface area (Å²) < 4.78 is 5.81. The number of rotatable bonds is 7. The molecular formula is C18H30IN3OS. The predicted octanol–water partition coefficient (Wildman–Crippen LogP) is 3.31. The zero-order valence-electron chi connectivity index (χ0n) is 14.7. The Morgan fingerprint density at radius 1 is 1.21 bits per heavy atom. The number of benzene rings is 1. The molecule has 0 aromatic heterocycles. The second-order valence-electron chi connectivity index (χ2n) is 5.82. The Bertz CT molecular complexity index is 473. The summed E-state index contributed by atoms with van der Waals surface area (Å²) in [7, 11) is 1.83. The van der Waals surface area contributed by atoms with Crippen LogP contribution in [-0.4, -0.2) is 49.8 Å². The summed E-state index contributed by atoms with van der Waals surface area (Å²) in [5.41, 5.74) is 1.35. The van der Waals surface area contributed by atoms with Crippen LogP contribution < -0.4 is 10.6 Å². The van der Waals surface area contributed by atoms with Gasteiger partial charge in [0.2, 0.25) is 0 Å². The van der Waals surface area contributed by atoms with Gasteiger partial charge in [-0.1, -0.05) is 37.3 Å². The summed E-state index contributed by atoms with van der Waals surface area (Å²) in [6.07, 6.45) is 3.23. The molecule has 0 unspecified atom stereocenters. The third-order valence-corrected chi connectivity index (χ3v) is 5.66. The van der Waals surface area contributed by atoms with Crippen molar-refractivity contribution in [2.24, 2.45) is 4.99 Å². The molecule has 0 spiro atoms. The fraction of sp³-hybridized carbons (Fsp3) is 0.611. The van der Waals surface area contributed by atoms with Gasteiger partial charge in [0, 0.05) is 38.1 Å². The molecule has 4 nitrogen and oxygen atoms in total. The lowest BCUT2D eigenvalue weighted by atomic mass is 9.99. The highest BCUT2D eigenvalue weighted by molar-refractivity contribution is 14.0. The molecule has 24 heavy (non-hydrogen) atoms. The Morgan fingerprint density at radius 2 is 1.92 bits per heavy atom. The van der Waals surface area contributed by atoms with Gasteiger partial charge in [-0.2, -0.15) is 11.8 Å². The molecular weight excluding hydrogens is 433 g/mol. The molecule has 0 amide bonds. The summed E-state index contributed by atoms with van der Waals surface area (Å²) in [4.78, 5) is 4.35. The Kier molecular flexibility index (Phi) is 10.8. The average Bonchev–Trinajstić information content (AvgIpc) is 2.60. The third-order valence-electron chi connectivity index (χ3n) is 4.21. The molecule has 136 valence electrons. The minimum Gasteiger partial charge on any atom is -0.381 e. The number of hydrogen-bond acceptors (Lipinski definition) is 3. The lowest BCUT2D eigenvalue weighted by Crippen LogP contribution is -2.48. The van der Waals surface area contributed by atoms with Crippen molar-refractivity contribution in [2.75, 3.05) is 39.1 Å². The van der Waals surface area contributed by atoms with E-state index in [1.807, 2.05) is 18.8 Å². The molecule has 1 saturated heterocycles. The van der Waals surface area contributed by atoms with Gasteiger partial charge < -0.3 is 15.4 Å². The van der Waals surface area contributed by atoms with Crippen LogP contribution in [0.25, 0.3) is 0 Å². The van der Waals surface area contributed by atoms with Crippen LogP contribution in [0.5, 0.6) is 0 Å². The van der Waals surface area contributed by atoms with Crippen LogP contribution in [0, 0.1) is 0 Å². The largest absolute Gasteiger partial charge is 0.381 e. The number of guanidine groups is 1. The molecule has 6 heteroatoms. The molecule has 0 bridgehead atoms. The van der Waals surface area contributed by atoms with Crippen molar-refractivity contribution in [3.63, 3.8) is 0 Å². The molecule has 1 aliphatic heterocycles. The van der Waals surface area contributed by atoms with E-state index >= 15 is 0 Å². The van der Waals surface area contributed by atoms with Crippen molar-refractivity contribution in [1.29, 1.82) is 0 Å². The van der Waals surface area contributed by atoms with E-state index in [-0.39, 0.29) is 28.7 Å². The Balaban J connectivity index is 0.00000288. The predicted molar refractivity (Wildman–Crippen MR) is 116 cm³/mol. The lowest BCUT2D eigenvalue weighted by molar-refractivity contribution is 0.0782. The molecule has 0 radical (unpaired) electrons. The molecule has 1 fully saturated rings. The minimum atomic E-state index is 0. The molecule has 0 saturated carbocycles. The van der Waals surface area contributed by atoms with Crippen LogP contribution in [0.15, 0.2) is 35.3 Å². The van der Waals surface area contributed by atoms with E-state index in [0.29, 0.717) is 0 Å². The van der Waals surface area contributed by atoms with Gasteiger partial charge in [-0.05, 0) is 30.6 Å². The van der Waals surface area contributed by atoms with Gasteiger partial charge in [-0.25, -0.2) is 0 Å². The Morgan fingerprint density at radius 3 is 2.54 bits per heavy atom. The number of aliphatic imine (C=N–C) groups is 1. The molecule has 2 rings (SSSR count). The number of hydrogen-bond donors (Lipinski definition) is 2. The first kappa shape index (κ1) is 21.6. The molecule has 0 atom stereocenters.